The second kappa shape index (κ2) is 7.56. The predicted octanol–water partition coefficient (Wildman–Crippen LogP) is 1.01. The van der Waals surface area contributed by atoms with E-state index in [2.05, 4.69) is 17.1 Å². The van der Waals surface area contributed by atoms with Crippen LogP contribution in [0.15, 0.2) is 0 Å². The van der Waals surface area contributed by atoms with Crippen molar-refractivity contribution in [1.29, 1.82) is 0 Å². The maximum atomic E-state index is 12.2. The van der Waals surface area contributed by atoms with Gasteiger partial charge in [0.1, 0.15) is 0 Å². The number of hydrogen-bond donors (Lipinski definition) is 2. The van der Waals surface area contributed by atoms with Gasteiger partial charge in [0.05, 0.1) is 18.8 Å². The molecule has 1 atom stereocenters. The Labute approximate surface area is 128 Å². The lowest BCUT2D eigenvalue weighted by atomic mass is 9.82. The molecule has 1 aliphatic carbocycles. The molecule has 5 heteroatoms. The molecule has 0 spiro atoms. The first-order chi connectivity index (χ1) is 9.96. The lowest BCUT2D eigenvalue weighted by molar-refractivity contribution is -0.127. The number of β-amino-alcohol motifs (C(OH)–C–C–N with tert-alkyl or cyclic N) is 1. The molecular weight excluding hydrogens is 268 g/mol. The molecule has 1 saturated carbocycles. The molecule has 5 nitrogen and oxygen atoms in total. The molecule has 1 aliphatic heterocycles. The molecule has 0 bridgehead atoms. The van der Waals surface area contributed by atoms with Gasteiger partial charge in [-0.15, -0.1) is 0 Å². The van der Waals surface area contributed by atoms with Crippen LogP contribution in [0.4, 0.5) is 0 Å². The highest BCUT2D eigenvalue weighted by molar-refractivity contribution is 5.78. The SMILES string of the molecule is CC1CCC(C(=O)NCC(C)(O)CN2CCOCC2)CC1. The standard InChI is InChI=1S/C16H30N2O3/c1-13-3-5-14(6-4-13)15(19)17-11-16(2,20)12-18-7-9-21-10-8-18/h13-14,20H,3-12H2,1-2H3,(H,17,19). The predicted molar refractivity (Wildman–Crippen MR) is 82.0 cm³/mol. The minimum Gasteiger partial charge on any atom is -0.387 e. The molecule has 0 aromatic rings. The number of rotatable bonds is 5. The second-order valence-electron chi connectivity index (χ2n) is 7.06. The summed E-state index contributed by atoms with van der Waals surface area (Å²) < 4.78 is 5.31. The fourth-order valence-corrected chi connectivity index (χ4v) is 3.24. The summed E-state index contributed by atoms with van der Waals surface area (Å²) in [7, 11) is 0. The van der Waals surface area contributed by atoms with Crippen LogP contribution in [0, 0.1) is 11.8 Å². The molecule has 0 aromatic carbocycles. The van der Waals surface area contributed by atoms with E-state index in [-0.39, 0.29) is 11.8 Å². The number of carbonyl (C=O) groups is 1. The number of ether oxygens (including phenoxy) is 1. The largest absolute Gasteiger partial charge is 0.387 e. The molecule has 0 aromatic heterocycles. The summed E-state index contributed by atoms with van der Waals surface area (Å²) in [5.74, 6) is 1.00. The zero-order valence-electron chi connectivity index (χ0n) is 13.4. The zero-order valence-corrected chi connectivity index (χ0v) is 13.4. The van der Waals surface area contributed by atoms with Crippen LogP contribution in [0.5, 0.6) is 0 Å². The highest BCUT2D eigenvalue weighted by Gasteiger charge is 2.28. The van der Waals surface area contributed by atoms with Gasteiger partial charge < -0.3 is 15.2 Å². The molecule has 2 fully saturated rings. The maximum Gasteiger partial charge on any atom is 0.223 e. The van der Waals surface area contributed by atoms with Gasteiger partial charge in [-0.25, -0.2) is 0 Å². The van der Waals surface area contributed by atoms with Gasteiger partial charge in [0.15, 0.2) is 0 Å². The van der Waals surface area contributed by atoms with Gasteiger partial charge in [0, 0.05) is 32.1 Å². The van der Waals surface area contributed by atoms with Crippen LogP contribution in [0.3, 0.4) is 0 Å². The summed E-state index contributed by atoms with van der Waals surface area (Å²) >= 11 is 0. The molecule has 1 saturated heterocycles. The van der Waals surface area contributed by atoms with Crippen LogP contribution in [0.1, 0.15) is 39.5 Å². The third-order valence-electron chi connectivity index (χ3n) is 4.70. The Kier molecular flexibility index (Phi) is 6.02. The summed E-state index contributed by atoms with van der Waals surface area (Å²) in [6.45, 7) is 8.11. The second-order valence-corrected chi connectivity index (χ2v) is 7.06. The van der Waals surface area contributed by atoms with Crippen LogP contribution < -0.4 is 5.32 Å². The Hall–Kier alpha value is -0.650. The van der Waals surface area contributed by atoms with Crippen molar-refractivity contribution >= 4 is 5.91 Å². The van der Waals surface area contributed by atoms with Gasteiger partial charge >= 0.3 is 0 Å². The van der Waals surface area contributed by atoms with E-state index in [1.165, 1.54) is 0 Å². The molecule has 1 unspecified atom stereocenters. The Morgan fingerprint density at radius 3 is 2.52 bits per heavy atom. The summed E-state index contributed by atoms with van der Waals surface area (Å²) in [5, 5.41) is 13.4. The fourth-order valence-electron chi connectivity index (χ4n) is 3.24. The minimum absolute atomic E-state index is 0.115. The Bertz CT molecular complexity index is 332. The van der Waals surface area contributed by atoms with Crippen LogP contribution in [-0.2, 0) is 9.53 Å². The van der Waals surface area contributed by atoms with Crippen molar-refractivity contribution < 1.29 is 14.6 Å². The fraction of sp³-hybridized carbons (Fsp3) is 0.938. The first kappa shape index (κ1) is 16.7. The van der Waals surface area contributed by atoms with Crippen LogP contribution in [0.25, 0.3) is 0 Å². The van der Waals surface area contributed by atoms with Crippen molar-refractivity contribution in [3.63, 3.8) is 0 Å². The Balaban J connectivity index is 1.71. The molecule has 21 heavy (non-hydrogen) atoms. The molecule has 2 rings (SSSR count). The lowest BCUT2D eigenvalue weighted by Crippen LogP contribution is -2.52. The van der Waals surface area contributed by atoms with Crippen molar-refractivity contribution in [3.8, 4) is 0 Å². The number of amides is 1. The third-order valence-corrected chi connectivity index (χ3v) is 4.70. The normalized spacial score (nSPS) is 30.6. The van der Waals surface area contributed by atoms with Crippen molar-refractivity contribution in [1.82, 2.24) is 10.2 Å². The van der Waals surface area contributed by atoms with Crippen LogP contribution in [-0.4, -0.2) is 60.9 Å². The Morgan fingerprint density at radius 1 is 1.29 bits per heavy atom. The minimum atomic E-state index is -0.880. The number of morpholine rings is 1. The van der Waals surface area contributed by atoms with Crippen molar-refractivity contribution in [2.24, 2.45) is 11.8 Å². The van der Waals surface area contributed by atoms with E-state index < -0.39 is 5.60 Å². The summed E-state index contributed by atoms with van der Waals surface area (Å²) in [5.41, 5.74) is -0.880. The Morgan fingerprint density at radius 2 is 1.90 bits per heavy atom. The topological polar surface area (TPSA) is 61.8 Å². The first-order valence-electron chi connectivity index (χ1n) is 8.26. The van der Waals surface area contributed by atoms with Gasteiger partial charge in [-0.2, -0.15) is 0 Å². The number of nitrogens with zero attached hydrogens (tertiary/aromatic N) is 1. The summed E-state index contributed by atoms with van der Waals surface area (Å²) in [6.07, 6.45) is 4.25. The lowest BCUT2D eigenvalue weighted by Gasteiger charge is -2.34. The van der Waals surface area contributed by atoms with E-state index in [1.807, 2.05) is 0 Å². The molecule has 122 valence electrons. The molecule has 0 radical (unpaired) electrons. The van der Waals surface area contributed by atoms with E-state index in [9.17, 15) is 9.90 Å². The number of carbonyl (C=O) groups excluding carboxylic acids is 1. The van der Waals surface area contributed by atoms with E-state index >= 15 is 0 Å². The molecule has 1 heterocycles. The molecule has 2 aliphatic rings. The van der Waals surface area contributed by atoms with Crippen molar-refractivity contribution in [3.05, 3.63) is 0 Å². The zero-order chi connectivity index (χ0) is 15.3. The van der Waals surface area contributed by atoms with Crippen molar-refractivity contribution in [2.75, 3.05) is 39.4 Å². The number of nitrogens with one attached hydrogen (secondary N) is 1. The average molecular weight is 298 g/mol. The number of aliphatic hydroxyl groups is 1. The first-order valence-corrected chi connectivity index (χ1v) is 8.26. The van der Waals surface area contributed by atoms with E-state index in [0.717, 1.165) is 57.9 Å². The van der Waals surface area contributed by atoms with Gasteiger partial charge in [0.25, 0.3) is 0 Å². The molecule has 1 amide bonds. The monoisotopic (exact) mass is 298 g/mol. The van der Waals surface area contributed by atoms with E-state index in [0.29, 0.717) is 13.1 Å². The van der Waals surface area contributed by atoms with Crippen LogP contribution >= 0.6 is 0 Å². The maximum absolute atomic E-state index is 12.2. The summed E-state index contributed by atoms with van der Waals surface area (Å²) in [6, 6.07) is 0. The quantitative estimate of drug-likeness (QED) is 0.795. The summed E-state index contributed by atoms with van der Waals surface area (Å²) in [4.78, 5) is 14.4. The third kappa shape index (κ3) is 5.57. The van der Waals surface area contributed by atoms with Crippen LogP contribution in [0.2, 0.25) is 0 Å². The van der Waals surface area contributed by atoms with Gasteiger partial charge in [-0.05, 0) is 38.5 Å². The highest BCUT2D eigenvalue weighted by Crippen LogP contribution is 2.28. The van der Waals surface area contributed by atoms with E-state index in [1.54, 1.807) is 6.92 Å². The van der Waals surface area contributed by atoms with Gasteiger partial charge in [-0.1, -0.05) is 6.92 Å². The number of hydrogen-bond acceptors (Lipinski definition) is 4. The van der Waals surface area contributed by atoms with E-state index in [4.69, 9.17) is 4.74 Å². The van der Waals surface area contributed by atoms with Crippen molar-refractivity contribution in [2.45, 2.75) is 45.1 Å². The highest BCUT2D eigenvalue weighted by atomic mass is 16.5. The smallest absolute Gasteiger partial charge is 0.223 e. The molecular formula is C16H30N2O3. The molecule has 2 N–H and O–H groups in total. The van der Waals surface area contributed by atoms with Gasteiger partial charge in [-0.3, -0.25) is 9.69 Å². The average Bonchev–Trinajstić information content (AvgIpc) is 2.46. The van der Waals surface area contributed by atoms with Gasteiger partial charge in [0.2, 0.25) is 5.91 Å².